The van der Waals surface area contributed by atoms with Crippen molar-refractivity contribution in [2.75, 3.05) is 0 Å². The van der Waals surface area contributed by atoms with E-state index in [1.807, 2.05) is 20.8 Å². The number of aromatic carboxylic acids is 1. The molecule has 56 valence electrons. The molecule has 11 heavy (non-hydrogen) atoms. The second-order valence-electron chi connectivity index (χ2n) is 2.55. The summed E-state index contributed by atoms with van der Waals surface area (Å²) in [6.45, 7) is 1.90. The van der Waals surface area contributed by atoms with Crippen LogP contribution in [-0.4, -0.2) is 18.9 Å². The molecule has 3 heteroatoms. The Morgan fingerprint density at radius 2 is 2.18 bits per heavy atom. The molecule has 1 aromatic carbocycles. The summed E-state index contributed by atoms with van der Waals surface area (Å²) in [6, 6.07) is 5.28. The van der Waals surface area contributed by atoms with Crippen molar-refractivity contribution in [1.29, 1.82) is 0 Å². The molecule has 0 amide bonds. The van der Waals surface area contributed by atoms with Crippen LogP contribution < -0.4 is 5.46 Å². The van der Waals surface area contributed by atoms with Gasteiger partial charge in [0.2, 0.25) is 0 Å². The molecule has 0 unspecified atom stereocenters. The van der Waals surface area contributed by atoms with E-state index in [0.29, 0.717) is 5.56 Å². The lowest BCUT2D eigenvalue weighted by Gasteiger charge is -2.02. The second kappa shape index (κ2) is 2.78. The lowest BCUT2D eigenvalue weighted by molar-refractivity contribution is 0.0698. The number of carbonyl (C=O) groups is 1. The van der Waals surface area contributed by atoms with Gasteiger partial charge in [-0.05, 0) is 13.0 Å². The zero-order chi connectivity index (χ0) is 8.43. The first-order chi connectivity index (χ1) is 5.13. The van der Waals surface area contributed by atoms with Gasteiger partial charge in [0.05, 0.1) is 5.56 Å². The van der Waals surface area contributed by atoms with Gasteiger partial charge in [-0.3, -0.25) is 0 Å². The molecule has 0 aromatic heterocycles. The zero-order valence-electron chi connectivity index (χ0n) is 6.59. The third kappa shape index (κ3) is 1.42. The summed E-state index contributed by atoms with van der Waals surface area (Å²) < 4.78 is 0. The number of hydrogen-bond donors (Lipinski definition) is 1. The average Bonchev–Trinajstić information content (AvgIpc) is 1.94. The minimum Gasteiger partial charge on any atom is -0.478 e. The van der Waals surface area contributed by atoms with Gasteiger partial charge >= 0.3 is 5.97 Å². The highest BCUT2D eigenvalue weighted by Gasteiger charge is 2.06. The molecule has 0 heterocycles. The molecule has 0 aliphatic carbocycles. The molecule has 0 aliphatic rings. The van der Waals surface area contributed by atoms with Gasteiger partial charge in [-0.15, -0.1) is 0 Å². The number of aryl methyl sites for hydroxylation is 1. The first-order valence-electron chi connectivity index (χ1n) is 3.42. The zero-order valence-corrected chi connectivity index (χ0v) is 6.59. The maximum Gasteiger partial charge on any atom is 0.335 e. The highest BCUT2D eigenvalue weighted by atomic mass is 16.4. The summed E-state index contributed by atoms with van der Waals surface area (Å²) in [5.74, 6) is -0.855. The van der Waals surface area contributed by atoms with Crippen molar-refractivity contribution in [2.45, 2.75) is 6.92 Å². The Balaban J connectivity index is 3.27. The fourth-order valence-electron chi connectivity index (χ4n) is 0.983. The topological polar surface area (TPSA) is 37.3 Å². The molecule has 0 saturated carbocycles. The predicted molar refractivity (Wildman–Crippen MR) is 46.3 cm³/mol. The average molecular weight is 148 g/mol. The van der Waals surface area contributed by atoms with Crippen LogP contribution in [0.4, 0.5) is 0 Å². The summed E-state index contributed by atoms with van der Waals surface area (Å²) in [6.07, 6.45) is 0. The van der Waals surface area contributed by atoms with Crippen molar-refractivity contribution in [3.63, 3.8) is 0 Å². The summed E-state index contributed by atoms with van der Waals surface area (Å²) in [4.78, 5) is 10.6. The number of hydrogen-bond acceptors (Lipinski definition) is 1. The fourth-order valence-corrected chi connectivity index (χ4v) is 0.983. The van der Waals surface area contributed by atoms with Crippen molar-refractivity contribution in [2.24, 2.45) is 0 Å². The Kier molecular flexibility index (Phi) is 1.99. The minimum absolute atomic E-state index is 0.394. The molecular weight excluding hydrogens is 139 g/mol. The number of carboxylic acids is 1. The summed E-state index contributed by atoms with van der Waals surface area (Å²) in [7, 11) is 1.82. The largest absolute Gasteiger partial charge is 0.478 e. The molecule has 0 radical (unpaired) electrons. The van der Waals surface area contributed by atoms with E-state index in [2.05, 4.69) is 0 Å². The monoisotopic (exact) mass is 148 g/mol. The maximum atomic E-state index is 10.6. The van der Waals surface area contributed by atoms with E-state index in [1.54, 1.807) is 12.1 Å². The van der Waals surface area contributed by atoms with E-state index in [0.717, 1.165) is 11.0 Å². The van der Waals surface area contributed by atoms with Crippen molar-refractivity contribution in [3.05, 3.63) is 29.3 Å². The standard InChI is InChI=1S/C8H9BO2/c1-5-3-2-4-6(7(5)9)8(10)11/h2-4H,9H2,1H3,(H,10,11). The Labute approximate surface area is 66.3 Å². The van der Waals surface area contributed by atoms with Crippen LogP contribution >= 0.6 is 0 Å². The third-order valence-corrected chi connectivity index (χ3v) is 1.84. The van der Waals surface area contributed by atoms with Crippen molar-refractivity contribution in [1.82, 2.24) is 0 Å². The van der Waals surface area contributed by atoms with Crippen LogP contribution in [-0.2, 0) is 0 Å². The highest BCUT2D eigenvalue weighted by Crippen LogP contribution is 1.98. The van der Waals surface area contributed by atoms with E-state index in [1.165, 1.54) is 0 Å². The van der Waals surface area contributed by atoms with Crippen LogP contribution in [0.5, 0.6) is 0 Å². The summed E-state index contributed by atoms with van der Waals surface area (Å²) >= 11 is 0. The minimum atomic E-state index is -0.855. The quantitative estimate of drug-likeness (QED) is 0.567. The van der Waals surface area contributed by atoms with Crippen molar-refractivity contribution in [3.8, 4) is 0 Å². The molecule has 2 nitrogen and oxygen atoms in total. The van der Waals surface area contributed by atoms with Gasteiger partial charge in [0.25, 0.3) is 0 Å². The van der Waals surface area contributed by atoms with Crippen LogP contribution in [0.25, 0.3) is 0 Å². The Hall–Kier alpha value is -1.25. The van der Waals surface area contributed by atoms with E-state index >= 15 is 0 Å². The summed E-state index contributed by atoms with van der Waals surface area (Å²) in [5, 5.41) is 8.69. The van der Waals surface area contributed by atoms with Crippen LogP contribution in [0, 0.1) is 6.92 Å². The first-order valence-corrected chi connectivity index (χ1v) is 3.42. The van der Waals surface area contributed by atoms with Crippen molar-refractivity contribution >= 4 is 19.3 Å². The molecule has 0 saturated heterocycles. The van der Waals surface area contributed by atoms with Gasteiger partial charge in [-0.25, -0.2) is 4.79 Å². The SMILES string of the molecule is Bc1c(C)cccc1C(=O)O. The van der Waals surface area contributed by atoms with Crippen LogP contribution in [0.3, 0.4) is 0 Å². The Morgan fingerprint density at radius 1 is 1.55 bits per heavy atom. The molecule has 0 aliphatic heterocycles. The molecule has 0 spiro atoms. The molecule has 1 aromatic rings. The molecule has 0 bridgehead atoms. The van der Waals surface area contributed by atoms with E-state index in [4.69, 9.17) is 5.11 Å². The van der Waals surface area contributed by atoms with Gasteiger partial charge in [0, 0.05) is 0 Å². The Morgan fingerprint density at radius 3 is 2.64 bits per heavy atom. The van der Waals surface area contributed by atoms with Gasteiger partial charge in [-0.2, -0.15) is 0 Å². The number of benzene rings is 1. The van der Waals surface area contributed by atoms with Crippen LogP contribution in [0.1, 0.15) is 15.9 Å². The van der Waals surface area contributed by atoms with Crippen LogP contribution in [0.2, 0.25) is 0 Å². The third-order valence-electron chi connectivity index (χ3n) is 1.84. The Bertz CT molecular complexity index is 294. The lowest BCUT2D eigenvalue weighted by atomic mass is 9.86. The predicted octanol–water partition coefficient (Wildman–Crippen LogP) is -0.0484. The lowest BCUT2D eigenvalue weighted by Crippen LogP contribution is -2.17. The van der Waals surface area contributed by atoms with E-state index in [-0.39, 0.29) is 0 Å². The normalized spacial score (nSPS) is 9.55. The first kappa shape index (κ1) is 7.86. The fraction of sp³-hybridized carbons (Fsp3) is 0.125. The molecule has 1 N–H and O–H groups in total. The molecule has 0 atom stereocenters. The summed E-state index contributed by atoms with van der Waals surface area (Å²) in [5.41, 5.74) is 2.26. The number of rotatable bonds is 1. The smallest absolute Gasteiger partial charge is 0.335 e. The molecule has 1 rings (SSSR count). The number of carboxylic acid groups (broad SMARTS) is 1. The van der Waals surface area contributed by atoms with E-state index < -0.39 is 5.97 Å². The van der Waals surface area contributed by atoms with Gasteiger partial charge in [0.1, 0.15) is 7.85 Å². The van der Waals surface area contributed by atoms with Gasteiger partial charge < -0.3 is 5.11 Å². The van der Waals surface area contributed by atoms with Crippen molar-refractivity contribution < 1.29 is 9.90 Å². The highest BCUT2D eigenvalue weighted by molar-refractivity contribution is 6.37. The van der Waals surface area contributed by atoms with Crippen LogP contribution in [0.15, 0.2) is 18.2 Å². The van der Waals surface area contributed by atoms with E-state index in [9.17, 15) is 4.79 Å². The molecular formula is C8H9BO2. The second-order valence-corrected chi connectivity index (χ2v) is 2.55. The molecule has 0 fully saturated rings. The van der Waals surface area contributed by atoms with Gasteiger partial charge in [0.15, 0.2) is 0 Å². The van der Waals surface area contributed by atoms with Gasteiger partial charge in [-0.1, -0.05) is 23.2 Å². The maximum absolute atomic E-state index is 10.6.